The molecule has 21 heavy (non-hydrogen) atoms. The molecule has 4 nitrogen and oxygen atoms in total. The molecule has 0 saturated heterocycles. The quantitative estimate of drug-likeness (QED) is 0.833. The van der Waals surface area contributed by atoms with Gasteiger partial charge in [0.1, 0.15) is 5.82 Å². The monoisotopic (exact) mass is 310 g/mol. The third-order valence-corrected chi connectivity index (χ3v) is 5.27. The van der Waals surface area contributed by atoms with Gasteiger partial charge < -0.3 is 5.73 Å². The number of halogens is 1. The van der Waals surface area contributed by atoms with Crippen molar-refractivity contribution in [2.24, 2.45) is 11.7 Å². The van der Waals surface area contributed by atoms with Gasteiger partial charge in [0.25, 0.3) is 0 Å². The van der Waals surface area contributed by atoms with Gasteiger partial charge in [-0.05, 0) is 37.0 Å². The van der Waals surface area contributed by atoms with Crippen molar-refractivity contribution in [3.63, 3.8) is 0 Å². The Morgan fingerprint density at radius 1 is 1.43 bits per heavy atom. The third-order valence-electron chi connectivity index (χ3n) is 3.72. The summed E-state index contributed by atoms with van der Waals surface area (Å²) in [4.78, 5) is 0.00366. The highest BCUT2D eigenvalue weighted by Gasteiger charge is 2.29. The van der Waals surface area contributed by atoms with E-state index < -0.39 is 15.8 Å². The summed E-state index contributed by atoms with van der Waals surface area (Å²) in [6.45, 7) is 2.11. The summed E-state index contributed by atoms with van der Waals surface area (Å²) >= 11 is 0. The topological polar surface area (TPSA) is 72.2 Å². The zero-order valence-corrected chi connectivity index (χ0v) is 12.7. The van der Waals surface area contributed by atoms with Crippen LogP contribution in [0.2, 0.25) is 0 Å². The first-order chi connectivity index (χ1) is 9.94. The van der Waals surface area contributed by atoms with Gasteiger partial charge in [0.2, 0.25) is 10.0 Å². The summed E-state index contributed by atoms with van der Waals surface area (Å²) in [6.07, 6.45) is 2.85. The molecule has 1 aromatic carbocycles. The van der Waals surface area contributed by atoms with Gasteiger partial charge in [-0.15, -0.1) is 0 Å². The van der Waals surface area contributed by atoms with Crippen LogP contribution >= 0.6 is 0 Å². The molecule has 6 heteroatoms. The Hall–Kier alpha value is -1.42. The minimum absolute atomic E-state index is 0.00366. The largest absolute Gasteiger partial charge is 0.320 e. The highest BCUT2D eigenvalue weighted by atomic mass is 32.2. The second-order valence-electron chi connectivity index (χ2n) is 5.28. The third kappa shape index (κ3) is 3.82. The summed E-state index contributed by atoms with van der Waals surface area (Å²) in [5.41, 5.74) is 5.43. The Bertz CT molecular complexity index is 677. The van der Waals surface area contributed by atoms with Crippen molar-refractivity contribution >= 4 is 10.0 Å². The van der Waals surface area contributed by atoms with Crippen LogP contribution in [-0.4, -0.2) is 21.0 Å². The van der Waals surface area contributed by atoms with Crippen LogP contribution in [0.5, 0.6) is 0 Å². The van der Waals surface area contributed by atoms with E-state index >= 15 is 0 Å². The normalized spacial score (nSPS) is 21.9. The molecule has 0 heterocycles. The lowest BCUT2D eigenvalue weighted by Crippen LogP contribution is -2.36. The lowest BCUT2D eigenvalue weighted by Gasteiger charge is -2.18. The average molecular weight is 310 g/mol. The van der Waals surface area contributed by atoms with Crippen LogP contribution < -0.4 is 10.5 Å². The Labute approximate surface area is 125 Å². The predicted octanol–water partition coefficient (Wildman–Crippen LogP) is 1.60. The van der Waals surface area contributed by atoms with Gasteiger partial charge in [-0.1, -0.05) is 25.2 Å². The Morgan fingerprint density at radius 2 is 2.19 bits per heavy atom. The van der Waals surface area contributed by atoms with Crippen LogP contribution in [-0.2, 0) is 10.0 Å². The molecule has 1 saturated carbocycles. The molecule has 1 fully saturated rings. The molecular formula is C15H19FN2O2S. The first-order valence-corrected chi connectivity index (χ1v) is 8.43. The number of nitrogens with one attached hydrogen (secondary N) is 1. The van der Waals surface area contributed by atoms with Crippen LogP contribution in [0.3, 0.4) is 0 Å². The van der Waals surface area contributed by atoms with Crippen molar-refractivity contribution in [3.05, 3.63) is 29.6 Å². The standard InChI is InChI=1S/C15H19FN2O2S/c1-11-4-2-6-14(11)18-21(19,20)15-8-7-13(16)10-12(15)5-3-9-17/h7-8,10-11,14,18H,2,4,6,9,17H2,1H3. The molecule has 1 aliphatic rings. The number of hydrogen-bond donors (Lipinski definition) is 2. The molecule has 2 unspecified atom stereocenters. The highest BCUT2D eigenvalue weighted by Crippen LogP contribution is 2.27. The van der Waals surface area contributed by atoms with Crippen LogP contribution in [0.25, 0.3) is 0 Å². The lowest BCUT2D eigenvalue weighted by atomic mass is 10.1. The van der Waals surface area contributed by atoms with Crippen molar-refractivity contribution in [1.29, 1.82) is 0 Å². The summed E-state index contributed by atoms with van der Waals surface area (Å²) in [5.74, 6) is 4.97. The minimum atomic E-state index is -3.71. The molecule has 0 spiro atoms. The van der Waals surface area contributed by atoms with E-state index in [0.29, 0.717) is 5.92 Å². The second-order valence-corrected chi connectivity index (χ2v) is 6.96. The van der Waals surface area contributed by atoms with Gasteiger partial charge >= 0.3 is 0 Å². The molecule has 0 amide bonds. The zero-order valence-electron chi connectivity index (χ0n) is 11.9. The van der Waals surface area contributed by atoms with E-state index in [2.05, 4.69) is 16.6 Å². The van der Waals surface area contributed by atoms with Gasteiger partial charge in [0.05, 0.1) is 11.4 Å². The van der Waals surface area contributed by atoms with Crippen molar-refractivity contribution in [2.75, 3.05) is 6.54 Å². The van der Waals surface area contributed by atoms with E-state index in [4.69, 9.17) is 5.73 Å². The van der Waals surface area contributed by atoms with Crippen molar-refractivity contribution in [1.82, 2.24) is 4.72 Å². The molecule has 2 atom stereocenters. The Balaban J connectivity index is 2.35. The lowest BCUT2D eigenvalue weighted by molar-refractivity contribution is 0.476. The minimum Gasteiger partial charge on any atom is -0.320 e. The molecular weight excluding hydrogens is 291 g/mol. The molecule has 0 aromatic heterocycles. The van der Waals surface area contributed by atoms with Crippen LogP contribution in [0, 0.1) is 23.6 Å². The molecule has 2 rings (SSSR count). The number of nitrogens with two attached hydrogens (primary N) is 1. The molecule has 1 aromatic rings. The van der Waals surface area contributed by atoms with E-state index in [1.165, 1.54) is 6.07 Å². The fourth-order valence-corrected chi connectivity index (χ4v) is 4.09. The Kier molecular flexibility index (Phi) is 4.99. The maximum absolute atomic E-state index is 13.3. The number of hydrogen-bond acceptors (Lipinski definition) is 3. The average Bonchev–Trinajstić information content (AvgIpc) is 2.81. The molecule has 0 aliphatic heterocycles. The molecule has 3 N–H and O–H groups in total. The SMILES string of the molecule is CC1CCCC1NS(=O)(=O)c1ccc(F)cc1C#CCN. The van der Waals surface area contributed by atoms with Crippen LogP contribution in [0.4, 0.5) is 4.39 Å². The fraction of sp³-hybridized carbons (Fsp3) is 0.467. The maximum atomic E-state index is 13.3. The second kappa shape index (κ2) is 6.56. The molecule has 1 aliphatic carbocycles. The summed E-state index contributed by atoms with van der Waals surface area (Å²) < 4.78 is 41.0. The van der Waals surface area contributed by atoms with Gasteiger partial charge in [-0.2, -0.15) is 0 Å². The van der Waals surface area contributed by atoms with E-state index in [0.717, 1.165) is 31.4 Å². The summed E-state index contributed by atoms with van der Waals surface area (Å²) in [5, 5.41) is 0. The van der Waals surface area contributed by atoms with E-state index in [9.17, 15) is 12.8 Å². The first-order valence-electron chi connectivity index (χ1n) is 6.95. The summed E-state index contributed by atoms with van der Waals surface area (Å²) in [7, 11) is -3.71. The van der Waals surface area contributed by atoms with Crippen LogP contribution in [0.15, 0.2) is 23.1 Å². The van der Waals surface area contributed by atoms with E-state index in [1.54, 1.807) is 0 Å². The fourth-order valence-electron chi connectivity index (χ4n) is 2.56. The van der Waals surface area contributed by atoms with Gasteiger partial charge in [-0.3, -0.25) is 0 Å². The van der Waals surface area contributed by atoms with E-state index in [1.807, 2.05) is 6.92 Å². The highest BCUT2D eigenvalue weighted by molar-refractivity contribution is 7.89. The molecule has 114 valence electrons. The molecule has 0 bridgehead atoms. The first kappa shape index (κ1) is 16.0. The van der Waals surface area contributed by atoms with Crippen molar-refractivity contribution in [3.8, 4) is 11.8 Å². The van der Waals surface area contributed by atoms with Gasteiger partial charge in [0, 0.05) is 11.6 Å². The van der Waals surface area contributed by atoms with Crippen LogP contribution in [0.1, 0.15) is 31.7 Å². The van der Waals surface area contributed by atoms with Gasteiger partial charge in [0.15, 0.2) is 0 Å². The smallest absolute Gasteiger partial charge is 0.242 e. The number of rotatable bonds is 3. The van der Waals surface area contributed by atoms with Crippen molar-refractivity contribution < 1.29 is 12.8 Å². The molecule has 0 radical (unpaired) electrons. The van der Waals surface area contributed by atoms with E-state index in [-0.39, 0.29) is 23.0 Å². The van der Waals surface area contributed by atoms with Gasteiger partial charge in [-0.25, -0.2) is 17.5 Å². The summed E-state index contributed by atoms with van der Waals surface area (Å²) in [6, 6.07) is 3.42. The Morgan fingerprint density at radius 3 is 2.81 bits per heavy atom. The maximum Gasteiger partial charge on any atom is 0.242 e. The number of benzene rings is 1. The van der Waals surface area contributed by atoms with Crippen molar-refractivity contribution in [2.45, 2.75) is 37.1 Å². The number of sulfonamides is 1. The predicted molar refractivity (Wildman–Crippen MR) is 79.5 cm³/mol. The zero-order chi connectivity index (χ0) is 15.5.